The maximum atomic E-state index is 2.71. The Hall–Kier alpha value is -0.560. The monoisotopic (exact) mass is 203 g/mol. The Kier molecular flexibility index (Phi) is 2.24. The summed E-state index contributed by atoms with van der Waals surface area (Å²) in [6.45, 7) is 6.01. The lowest BCUT2D eigenvalue weighted by atomic mass is 9.71. The largest absolute Gasteiger partial charge is 0.293 e. The van der Waals surface area contributed by atoms with Crippen molar-refractivity contribution in [1.29, 1.82) is 0 Å². The Balaban J connectivity index is 1.97. The third-order valence-corrected chi connectivity index (χ3v) is 4.38. The summed E-state index contributed by atoms with van der Waals surface area (Å²) in [5.74, 6) is 0.886. The van der Waals surface area contributed by atoms with E-state index in [9.17, 15) is 0 Å². The molecule has 1 nitrogen and oxygen atoms in total. The minimum absolute atomic E-state index is 0.710. The molecule has 2 heterocycles. The van der Waals surface area contributed by atoms with E-state index in [0.29, 0.717) is 6.04 Å². The van der Waals surface area contributed by atoms with Gasteiger partial charge in [0.15, 0.2) is 0 Å². The molecule has 0 amide bonds. The molecule has 1 fully saturated rings. The fourth-order valence-corrected chi connectivity index (χ4v) is 3.65. The van der Waals surface area contributed by atoms with Crippen molar-refractivity contribution in [2.45, 2.75) is 51.6 Å². The third kappa shape index (κ3) is 1.40. The second-order valence-electron chi connectivity index (χ2n) is 5.50. The summed E-state index contributed by atoms with van der Waals surface area (Å²) in [5, 5.41) is 0. The Morgan fingerprint density at radius 2 is 2.20 bits per heavy atom. The zero-order valence-corrected chi connectivity index (χ0v) is 9.87. The highest BCUT2D eigenvalue weighted by atomic mass is 15.2. The van der Waals surface area contributed by atoms with Gasteiger partial charge < -0.3 is 0 Å². The maximum absolute atomic E-state index is 2.71. The molecule has 1 heteroatoms. The van der Waals surface area contributed by atoms with Gasteiger partial charge in [0.25, 0.3) is 0 Å². The van der Waals surface area contributed by atoms with Crippen LogP contribution in [-0.2, 0) is 0 Å². The smallest absolute Gasteiger partial charge is 0.0350 e. The van der Waals surface area contributed by atoms with Crippen LogP contribution in [0.4, 0.5) is 0 Å². The average molecular weight is 203 g/mol. The molecule has 0 aromatic rings. The van der Waals surface area contributed by atoms with Crippen LogP contribution in [0.3, 0.4) is 0 Å². The molecule has 0 aromatic carbocycles. The SMILES string of the molecule is CC(C)N1CC2CCC1C1=C2CCC=C1. The Morgan fingerprint density at radius 3 is 3.00 bits per heavy atom. The van der Waals surface area contributed by atoms with E-state index in [0.717, 1.165) is 12.0 Å². The van der Waals surface area contributed by atoms with Crippen LogP contribution in [0, 0.1) is 5.92 Å². The lowest BCUT2D eigenvalue weighted by molar-refractivity contribution is 0.0885. The van der Waals surface area contributed by atoms with E-state index in [-0.39, 0.29) is 0 Å². The van der Waals surface area contributed by atoms with Gasteiger partial charge in [-0.3, -0.25) is 4.90 Å². The van der Waals surface area contributed by atoms with Crippen LogP contribution in [0.2, 0.25) is 0 Å². The molecule has 2 aliphatic carbocycles. The van der Waals surface area contributed by atoms with Gasteiger partial charge in [-0.2, -0.15) is 0 Å². The fourth-order valence-electron chi connectivity index (χ4n) is 3.65. The normalized spacial score (nSPS) is 35.1. The van der Waals surface area contributed by atoms with Gasteiger partial charge in [0.05, 0.1) is 0 Å². The van der Waals surface area contributed by atoms with Crippen molar-refractivity contribution in [2.75, 3.05) is 6.54 Å². The van der Waals surface area contributed by atoms with Crippen molar-refractivity contribution >= 4 is 0 Å². The molecule has 2 bridgehead atoms. The second-order valence-corrected chi connectivity index (χ2v) is 5.50. The van der Waals surface area contributed by atoms with Crippen molar-refractivity contribution in [1.82, 2.24) is 4.90 Å². The van der Waals surface area contributed by atoms with Gasteiger partial charge in [0.2, 0.25) is 0 Å². The second kappa shape index (κ2) is 3.48. The number of fused-ring (bicyclic) bond motifs is 2. The zero-order chi connectivity index (χ0) is 10.4. The zero-order valence-electron chi connectivity index (χ0n) is 9.87. The van der Waals surface area contributed by atoms with Crippen molar-refractivity contribution in [2.24, 2.45) is 5.92 Å². The van der Waals surface area contributed by atoms with Crippen molar-refractivity contribution in [3.05, 3.63) is 23.3 Å². The van der Waals surface area contributed by atoms with Gasteiger partial charge in [-0.1, -0.05) is 17.7 Å². The third-order valence-electron chi connectivity index (χ3n) is 4.38. The van der Waals surface area contributed by atoms with Crippen LogP contribution in [0.15, 0.2) is 23.3 Å². The van der Waals surface area contributed by atoms with E-state index >= 15 is 0 Å². The Labute approximate surface area is 92.8 Å². The molecular formula is C14H21N. The maximum Gasteiger partial charge on any atom is 0.0350 e. The first-order valence-corrected chi connectivity index (χ1v) is 6.42. The van der Waals surface area contributed by atoms with E-state index < -0.39 is 0 Å². The predicted octanol–water partition coefficient (Wildman–Crippen LogP) is 3.14. The molecule has 0 aromatic heterocycles. The fraction of sp³-hybridized carbons (Fsp3) is 0.714. The average Bonchev–Trinajstić information content (AvgIpc) is 2.30. The summed E-state index contributed by atoms with van der Waals surface area (Å²) in [7, 11) is 0. The number of rotatable bonds is 1. The van der Waals surface area contributed by atoms with E-state index in [4.69, 9.17) is 0 Å². The van der Waals surface area contributed by atoms with Crippen LogP contribution >= 0.6 is 0 Å². The minimum Gasteiger partial charge on any atom is -0.293 e. The van der Waals surface area contributed by atoms with Crippen LogP contribution < -0.4 is 0 Å². The highest BCUT2D eigenvalue weighted by molar-refractivity contribution is 5.39. The lowest BCUT2D eigenvalue weighted by Gasteiger charge is -2.50. The lowest BCUT2D eigenvalue weighted by Crippen LogP contribution is -2.52. The number of piperidine rings is 1. The number of hydrogen-bond acceptors (Lipinski definition) is 1. The summed E-state index contributed by atoms with van der Waals surface area (Å²) in [5.41, 5.74) is 3.50. The number of nitrogens with zero attached hydrogens (tertiary/aromatic N) is 1. The highest BCUT2D eigenvalue weighted by Crippen LogP contribution is 2.44. The first-order chi connectivity index (χ1) is 7.27. The van der Waals surface area contributed by atoms with E-state index in [1.165, 1.54) is 32.2 Å². The van der Waals surface area contributed by atoms with E-state index in [1.54, 1.807) is 5.57 Å². The number of allylic oxidation sites excluding steroid dienone is 1. The molecule has 4 aliphatic rings. The molecule has 0 N–H and O–H groups in total. The minimum atomic E-state index is 0.710. The van der Waals surface area contributed by atoms with E-state index in [2.05, 4.69) is 30.9 Å². The predicted molar refractivity (Wildman–Crippen MR) is 63.8 cm³/mol. The van der Waals surface area contributed by atoms with Gasteiger partial charge in [-0.25, -0.2) is 0 Å². The van der Waals surface area contributed by atoms with Gasteiger partial charge >= 0.3 is 0 Å². The molecule has 2 unspecified atom stereocenters. The molecule has 82 valence electrons. The van der Waals surface area contributed by atoms with Crippen molar-refractivity contribution < 1.29 is 0 Å². The molecule has 4 rings (SSSR count). The quantitative estimate of drug-likeness (QED) is 0.633. The molecule has 0 saturated carbocycles. The van der Waals surface area contributed by atoms with Crippen LogP contribution in [0.1, 0.15) is 39.5 Å². The first kappa shape index (κ1) is 9.65. The molecule has 0 spiro atoms. The molecule has 1 saturated heterocycles. The molecule has 15 heavy (non-hydrogen) atoms. The van der Waals surface area contributed by atoms with Gasteiger partial charge in [0, 0.05) is 18.6 Å². The molecular weight excluding hydrogens is 182 g/mol. The molecule has 2 atom stereocenters. The standard InChI is InChI=1S/C14H21N/c1-10(2)15-9-11-7-8-14(15)13-6-4-3-5-12(11)13/h4,6,10-11,14H,3,5,7-9H2,1-2H3. The Bertz CT molecular complexity index is 324. The summed E-state index contributed by atoms with van der Waals surface area (Å²) in [4.78, 5) is 2.71. The topological polar surface area (TPSA) is 3.24 Å². The Morgan fingerprint density at radius 1 is 1.33 bits per heavy atom. The molecule has 2 aliphatic heterocycles. The van der Waals surface area contributed by atoms with Crippen LogP contribution in [0.5, 0.6) is 0 Å². The summed E-state index contributed by atoms with van der Waals surface area (Å²) >= 11 is 0. The number of hydrogen-bond donors (Lipinski definition) is 0. The summed E-state index contributed by atoms with van der Waals surface area (Å²) in [6, 6.07) is 1.46. The van der Waals surface area contributed by atoms with Crippen LogP contribution in [0.25, 0.3) is 0 Å². The summed E-state index contributed by atoms with van der Waals surface area (Å²) < 4.78 is 0. The van der Waals surface area contributed by atoms with Crippen LogP contribution in [-0.4, -0.2) is 23.5 Å². The first-order valence-electron chi connectivity index (χ1n) is 6.42. The van der Waals surface area contributed by atoms with E-state index in [1.807, 2.05) is 5.57 Å². The van der Waals surface area contributed by atoms with Gasteiger partial charge in [0.1, 0.15) is 0 Å². The van der Waals surface area contributed by atoms with Gasteiger partial charge in [-0.15, -0.1) is 0 Å². The van der Waals surface area contributed by atoms with Crippen molar-refractivity contribution in [3.8, 4) is 0 Å². The molecule has 0 radical (unpaired) electrons. The van der Waals surface area contributed by atoms with Crippen molar-refractivity contribution in [3.63, 3.8) is 0 Å². The van der Waals surface area contributed by atoms with Gasteiger partial charge in [-0.05, 0) is 51.0 Å². The highest BCUT2D eigenvalue weighted by Gasteiger charge is 2.39. The summed E-state index contributed by atoms with van der Waals surface area (Å²) in [6.07, 6.45) is 10.3.